The molecule has 0 bridgehead atoms. The normalized spacial score (nSPS) is 20.1. The fourth-order valence-electron chi connectivity index (χ4n) is 1.85. The standard InChI is InChI=1S/C11H18/c1-4-11(9(2)3)10-7-5-6-8-10/h4,7,9,11H,1,5-6,8H2,2-3H3. The highest BCUT2D eigenvalue weighted by Gasteiger charge is 2.16. The summed E-state index contributed by atoms with van der Waals surface area (Å²) in [5.41, 5.74) is 1.62. The van der Waals surface area contributed by atoms with Crippen LogP contribution < -0.4 is 0 Å². The molecule has 0 aliphatic heterocycles. The topological polar surface area (TPSA) is 0 Å². The van der Waals surface area contributed by atoms with Crippen molar-refractivity contribution in [2.45, 2.75) is 33.1 Å². The van der Waals surface area contributed by atoms with Gasteiger partial charge in [-0.3, -0.25) is 0 Å². The lowest BCUT2D eigenvalue weighted by Crippen LogP contribution is -2.06. The van der Waals surface area contributed by atoms with Gasteiger partial charge in [0.05, 0.1) is 0 Å². The van der Waals surface area contributed by atoms with Gasteiger partial charge in [-0.25, -0.2) is 0 Å². The van der Waals surface area contributed by atoms with E-state index in [9.17, 15) is 0 Å². The maximum atomic E-state index is 3.89. The maximum Gasteiger partial charge on any atom is -0.000293 e. The Morgan fingerprint density at radius 2 is 2.27 bits per heavy atom. The summed E-state index contributed by atoms with van der Waals surface area (Å²) in [5, 5.41) is 0. The van der Waals surface area contributed by atoms with Crippen LogP contribution in [-0.2, 0) is 0 Å². The quantitative estimate of drug-likeness (QED) is 0.540. The van der Waals surface area contributed by atoms with Crippen LogP contribution in [-0.4, -0.2) is 0 Å². The molecule has 0 radical (unpaired) electrons. The van der Waals surface area contributed by atoms with E-state index in [1.807, 2.05) is 0 Å². The van der Waals surface area contributed by atoms with Gasteiger partial charge in [0.25, 0.3) is 0 Å². The van der Waals surface area contributed by atoms with Crippen molar-refractivity contribution >= 4 is 0 Å². The first-order valence-electron chi connectivity index (χ1n) is 4.57. The van der Waals surface area contributed by atoms with Crippen molar-refractivity contribution in [1.82, 2.24) is 0 Å². The summed E-state index contributed by atoms with van der Waals surface area (Å²) in [7, 11) is 0. The van der Waals surface area contributed by atoms with Gasteiger partial charge in [-0.2, -0.15) is 0 Å². The lowest BCUT2D eigenvalue weighted by Gasteiger charge is -2.17. The Bertz CT molecular complexity index is 163. The van der Waals surface area contributed by atoms with Gasteiger partial charge in [-0.05, 0) is 31.1 Å². The molecule has 0 amide bonds. The summed E-state index contributed by atoms with van der Waals surface area (Å²) in [6.45, 7) is 8.42. The Balaban J connectivity index is 2.60. The Labute approximate surface area is 70.0 Å². The molecule has 1 rings (SSSR count). The molecule has 0 heteroatoms. The minimum atomic E-state index is 0.637. The lowest BCUT2D eigenvalue weighted by atomic mass is 9.88. The fraction of sp³-hybridized carbons (Fsp3) is 0.636. The third-order valence-corrected chi connectivity index (χ3v) is 2.48. The van der Waals surface area contributed by atoms with Crippen LogP contribution in [0.5, 0.6) is 0 Å². The van der Waals surface area contributed by atoms with E-state index in [0.29, 0.717) is 5.92 Å². The predicted molar refractivity (Wildman–Crippen MR) is 50.5 cm³/mol. The molecule has 0 nitrogen and oxygen atoms in total. The maximum absolute atomic E-state index is 3.89. The molecule has 0 aromatic heterocycles. The molecule has 0 spiro atoms. The minimum absolute atomic E-state index is 0.637. The van der Waals surface area contributed by atoms with E-state index in [2.05, 4.69) is 32.6 Å². The van der Waals surface area contributed by atoms with Gasteiger partial charge in [-0.15, -0.1) is 6.58 Å². The van der Waals surface area contributed by atoms with Gasteiger partial charge in [0, 0.05) is 0 Å². The third kappa shape index (κ3) is 1.95. The Kier molecular flexibility index (Phi) is 2.92. The molecule has 0 aromatic carbocycles. The zero-order valence-corrected chi connectivity index (χ0v) is 7.64. The molecule has 11 heavy (non-hydrogen) atoms. The van der Waals surface area contributed by atoms with Crippen molar-refractivity contribution in [3.05, 3.63) is 24.3 Å². The summed E-state index contributed by atoms with van der Waals surface area (Å²) >= 11 is 0. The summed E-state index contributed by atoms with van der Waals surface area (Å²) < 4.78 is 0. The summed E-state index contributed by atoms with van der Waals surface area (Å²) in [6.07, 6.45) is 8.43. The Morgan fingerprint density at radius 3 is 2.64 bits per heavy atom. The molecule has 0 saturated heterocycles. The number of hydrogen-bond acceptors (Lipinski definition) is 0. The predicted octanol–water partition coefficient (Wildman–Crippen LogP) is 3.55. The van der Waals surface area contributed by atoms with Crippen molar-refractivity contribution in [3.63, 3.8) is 0 Å². The first-order valence-corrected chi connectivity index (χ1v) is 4.57. The molecule has 1 aliphatic carbocycles. The molecular formula is C11H18. The highest BCUT2D eigenvalue weighted by atomic mass is 14.2. The van der Waals surface area contributed by atoms with Crippen LogP contribution in [0.1, 0.15) is 33.1 Å². The Hall–Kier alpha value is -0.520. The number of rotatable bonds is 3. The molecule has 62 valence electrons. The van der Waals surface area contributed by atoms with Crippen molar-refractivity contribution in [2.75, 3.05) is 0 Å². The molecule has 0 fully saturated rings. The van der Waals surface area contributed by atoms with Crippen molar-refractivity contribution in [3.8, 4) is 0 Å². The molecular weight excluding hydrogens is 132 g/mol. The largest absolute Gasteiger partial charge is 0.102 e. The van der Waals surface area contributed by atoms with Crippen molar-refractivity contribution in [1.29, 1.82) is 0 Å². The van der Waals surface area contributed by atoms with Gasteiger partial charge in [-0.1, -0.05) is 31.6 Å². The SMILES string of the molecule is C=CC(C1=CCCC1)C(C)C. The molecule has 1 unspecified atom stereocenters. The fourth-order valence-corrected chi connectivity index (χ4v) is 1.85. The second-order valence-corrected chi connectivity index (χ2v) is 3.68. The minimum Gasteiger partial charge on any atom is -0.102 e. The second kappa shape index (κ2) is 3.75. The molecule has 1 atom stereocenters. The van der Waals surface area contributed by atoms with Crippen LogP contribution in [0.25, 0.3) is 0 Å². The van der Waals surface area contributed by atoms with Crippen molar-refractivity contribution in [2.24, 2.45) is 11.8 Å². The van der Waals surface area contributed by atoms with E-state index in [1.165, 1.54) is 19.3 Å². The second-order valence-electron chi connectivity index (χ2n) is 3.68. The lowest BCUT2D eigenvalue weighted by molar-refractivity contribution is 0.517. The average Bonchev–Trinajstić information content (AvgIpc) is 2.40. The summed E-state index contributed by atoms with van der Waals surface area (Å²) in [5.74, 6) is 1.36. The van der Waals surface area contributed by atoms with E-state index in [0.717, 1.165) is 5.92 Å². The van der Waals surface area contributed by atoms with Crippen LogP contribution >= 0.6 is 0 Å². The van der Waals surface area contributed by atoms with Gasteiger partial charge in [0.15, 0.2) is 0 Å². The van der Waals surface area contributed by atoms with Crippen LogP contribution in [0.15, 0.2) is 24.3 Å². The average molecular weight is 150 g/mol. The van der Waals surface area contributed by atoms with Gasteiger partial charge in [0.2, 0.25) is 0 Å². The molecule has 1 aliphatic rings. The molecule has 0 N–H and O–H groups in total. The van der Waals surface area contributed by atoms with Crippen LogP contribution in [0.2, 0.25) is 0 Å². The zero-order chi connectivity index (χ0) is 8.27. The highest BCUT2D eigenvalue weighted by molar-refractivity contribution is 5.16. The smallest absolute Gasteiger partial charge is 0.000293 e. The van der Waals surface area contributed by atoms with Gasteiger partial charge < -0.3 is 0 Å². The van der Waals surface area contributed by atoms with Gasteiger partial charge >= 0.3 is 0 Å². The first kappa shape index (κ1) is 8.58. The summed E-state index contributed by atoms with van der Waals surface area (Å²) in [6, 6.07) is 0. The highest BCUT2D eigenvalue weighted by Crippen LogP contribution is 2.30. The molecule has 0 aromatic rings. The number of hydrogen-bond donors (Lipinski definition) is 0. The Morgan fingerprint density at radius 1 is 1.55 bits per heavy atom. The van der Waals surface area contributed by atoms with Gasteiger partial charge in [0.1, 0.15) is 0 Å². The van der Waals surface area contributed by atoms with E-state index >= 15 is 0 Å². The zero-order valence-electron chi connectivity index (χ0n) is 7.64. The first-order chi connectivity index (χ1) is 5.25. The van der Waals surface area contributed by atoms with E-state index < -0.39 is 0 Å². The summed E-state index contributed by atoms with van der Waals surface area (Å²) in [4.78, 5) is 0. The number of allylic oxidation sites excluding steroid dienone is 3. The third-order valence-electron chi connectivity index (χ3n) is 2.48. The van der Waals surface area contributed by atoms with Crippen LogP contribution in [0, 0.1) is 11.8 Å². The van der Waals surface area contributed by atoms with Crippen molar-refractivity contribution < 1.29 is 0 Å². The van der Waals surface area contributed by atoms with E-state index in [1.54, 1.807) is 5.57 Å². The van der Waals surface area contributed by atoms with Crippen LogP contribution in [0.3, 0.4) is 0 Å². The molecule has 0 heterocycles. The molecule has 0 saturated carbocycles. The van der Waals surface area contributed by atoms with E-state index in [4.69, 9.17) is 0 Å². The van der Waals surface area contributed by atoms with Crippen LogP contribution in [0.4, 0.5) is 0 Å². The van der Waals surface area contributed by atoms with E-state index in [-0.39, 0.29) is 0 Å². The monoisotopic (exact) mass is 150 g/mol.